The quantitative estimate of drug-likeness (QED) is 0.197. The number of benzene rings is 6. The topological polar surface area (TPSA) is 43.1 Å². The standard InChI is InChI=1S/C43H28N4/c1-4-13-31(14-5-1)40-41(32-15-6-2-7-16-32)46-43(42(45-40)33-17-8-3-9-18-33)34-22-20-29(21-23-34)35-24-26-38-36(28-35)44-39-27-25-30-12-10-11-19-37(30)47(38)39/h1-28H. The molecule has 0 bridgehead atoms. The van der Waals surface area contributed by atoms with Crippen LogP contribution in [0.15, 0.2) is 170 Å². The maximum Gasteiger partial charge on any atom is 0.138 e. The molecule has 6 aromatic carbocycles. The average molecular weight is 601 g/mol. The van der Waals surface area contributed by atoms with E-state index < -0.39 is 0 Å². The summed E-state index contributed by atoms with van der Waals surface area (Å²) in [5, 5.41) is 1.20. The van der Waals surface area contributed by atoms with Gasteiger partial charge >= 0.3 is 0 Å². The van der Waals surface area contributed by atoms with Crippen LogP contribution in [0.4, 0.5) is 0 Å². The number of para-hydroxylation sites is 1. The molecule has 0 aliphatic heterocycles. The summed E-state index contributed by atoms with van der Waals surface area (Å²) in [4.78, 5) is 15.7. The van der Waals surface area contributed by atoms with Gasteiger partial charge in [0, 0.05) is 22.3 Å². The van der Waals surface area contributed by atoms with Gasteiger partial charge < -0.3 is 0 Å². The summed E-state index contributed by atoms with van der Waals surface area (Å²) < 4.78 is 2.24. The molecule has 0 unspecified atom stereocenters. The zero-order valence-electron chi connectivity index (χ0n) is 25.5. The third kappa shape index (κ3) is 4.75. The van der Waals surface area contributed by atoms with Gasteiger partial charge in [0.05, 0.1) is 39.3 Å². The van der Waals surface area contributed by atoms with Crippen molar-refractivity contribution in [3.05, 3.63) is 170 Å². The number of rotatable bonds is 5. The summed E-state index contributed by atoms with van der Waals surface area (Å²) >= 11 is 0. The third-order valence-electron chi connectivity index (χ3n) is 8.80. The summed E-state index contributed by atoms with van der Waals surface area (Å²) in [6.07, 6.45) is 0. The first-order valence-electron chi connectivity index (χ1n) is 15.8. The first-order chi connectivity index (χ1) is 23.3. The molecule has 220 valence electrons. The average Bonchev–Trinajstić information content (AvgIpc) is 3.54. The molecule has 9 rings (SSSR count). The van der Waals surface area contributed by atoms with Crippen LogP contribution >= 0.6 is 0 Å². The van der Waals surface area contributed by atoms with Crippen LogP contribution < -0.4 is 0 Å². The van der Waals surface area contributed by atoms with Gasteiger partial charge in [-0.3, -0.25) is 4.40 Å². The lowest BCUT2D eigenvalue weighted by Crippen LogP contribution is -2.00. The van der Waals surface area contributed by atoms with Crippen molar-refractivity contribution in [1.29, 1.82) is 0 Å². The van der Waals surface area contributed by atoms with Crippen molar-refractivity contribution in [3.8, 4) is 56.2 Å². The molecule has 0 atom stereocenters. The zero-order chi connectivity index (χ0) is 31.2. The van der Waals surface area contributed by atoms with Crippen molar-refractivity contribution in [2.45, 2.75) is 0 Å². The first-order valence-corrected chi connectivity index (χ1v) is 15.8. The smallest absolute Gasteiger partial charge is 0.138 e. The van der Waals surface area contributed by atoms with Gasteiger partial charge in [-0.15, -0.1) is 0 Å². The predicted molar refractivity (Wildman–Crippen MR) is 193 cm³/mol. The number of hydrogen-bond acceptors (Lipinski definition) is 3. The maximum atomic E-state index is 5.38. The Balaban J connectivity index is 1.18. The highest BCUT2D eigenvalue weighted by atomic mass is 15.0. The Labute approximate surface area is 272 Å². The molecule has 3 aromatic heterocycles. The molecule has 0 saturated carbocycles. The molecule has 47 heavy (non-hydrogen) atoms. The summed E-state index contributed by atoms with van der Waals surface area (Å²) in [6.45, 7) is 0. The second-order valence-corrected chi connectivity index (χ2v) is 11.7. The Hall–Kier alpha value is -6.39. The number of nitrogens with zero attached hydrogens (tertiary/aromatic N) is 4. The van der Waals surface area contributed by atoms with E-state index in [1.165, 1.54) is 5.39 Å². The van der Waals surface area contributed by atoms with Gasteiger partial charge in [0.1, 0.15) is 5.65 Å². The van der Waals surface area contributed by atoms with Gasteiger partial charge in [0.15, 0.2) is 0 Å². The summed E-state index contributed by atoms with van der Waals surface area (Å²) in [5.41, 5.74) is 14.0. The van der Waals surface area contributed by atoms with Gasteiger partial charge in [-0.1, -0.05) is 140 Å². The number of hydrogen-bond donors (Lipinski definition) is 0. The van der Waals surface area contributed by atoms with E-state index >= 15 is 0 Å². The van der Waals surface area contributed by atoms with Crippen molar-refractivity contribution >= 4 is 27.6 Å². The van der Waals surface area contributed by atoms with E-state index in [4.69, 9.17) is 15.0 Å². The molecule has 0 saturated heterocycles. The fourth-order valence-corrected chi connectivity index (χ4v) is 6.49. The minimum atomic E-state index is 0.851. The molecule has 4 heteroatoms. The minimum absolute atomic E-state index is 0.851. The molecular weight excluding hydrogens is 573 g/mol. The molecule has 0 fully saturated rings. The van der Waals surface area contributed by atoms with Gasteiger partial charge in [0.25, 0.3) is 0 Å². The van der Waals surface area contributed by atoms with Gasteiger partial charge in [-0.25, -0.2) is 15.0 Å². The highest BCUT2D eigenvalue weighted by molar-refractivity contribution is 5.93. The lowest BCUT2D eigenvalue weighted by atomic mass is 9.97. The number of pyridine rings is 1. The van der Waals surface area contributed by atoms with Crippen molar-refractivity contribution in [2.24, 2.45) is 0 Å². The second kappa shape index (κ2) is 11.2. The lowest BCUT2D eigenvalue weighted by Gasteiger charge is -2.16. The third-order valence-corrected chi connectivity index (χ3v) is 8.80. The molecule has 4 nitrogen and oxygen atoms in total. The molecular formula is C43H28N4. The number of aromatic nitrogens is 4. The SMILES string of the molecule is c1ccc(-c2nc(-c3ccccc3)c(-c3ccc(-c4ccc5c(c4)nc4ccc6ccccc6n45)cc3)nc2-c2ccccc2)cc1. The fraction of sp³-hybridized carbons (Fsp3) is 0. The molecule has 0 amide bonds. The van der Waals surface area contributed by atoms with Crippen LogP contribution in [0.5, 0.6) is 0 Å². The first kappa shape index (κ1) is 27.0. The van der Waals surface area contributed by atoms with E-state index in [1.807, 2.05) is 42.5 Å². The summed E-state index contributed by atoms with van der Waals surface area (Å²) in [6, 6.07) is 58.9. The zero-order valence-corrected chi connectivity index (χ0v) is 25.5. The van der Waals surface area contributed by atoms with E-state index in [9.17, 15) is 0 Å². The molecule has 3 heterocycles. The lowest BCUT2D eigenvalue weighted by molar-refractivity contribution is 1.21. The Morgan fingerprint density at radius 2 is 0.787 bits per heavy atom. The Morgan fingerprint density at radius 1 is 0.319 bits per heavy atom. The van der Waals surface area contributed by atoms with Crippen LogP contribution in [0.25, 0.3) is 83.7 Å². The molecule has 9 aromatic rings. The van der Waals surface area contributed by atoms with Crippen molar-refractivity contribution in [2.75, 3.05) is 0 Å². The largest absolute Gasteiger partial charge is 0.292 e. The summed E-state index contributed by atoms with van der Waals surface area (Å²) in [5.74, 6) is 0. The second-order valence-electron chi connectivity index (χ2n) is 11.7. The van der Waals surface area contributed by atoms with Gasteiger partial charge in [-0.05, 0) is 46.8 Å². The van der Waals surface area contributed by atoms with E-state index in [0.717, 1.165) is 78.4 Å². The van der Waals surface area contributed by atoms with Crippen LogP contribution in [-0.4, -0.2) is 19.4 Å². The Bertz CT molecular complexity index is 2540. The Morgan fingerprint density at radius 3 is 1.36 bits per heavy atom. The monoisotopic (exact) mass is 600 g/mol. The van der Waals surface area contributed by atoms with Crippen molar-refractivity contribution in [1.82, 2.24) is 19.4 Å². The van der Waals surface area contributed by atoms with Crippen molar-refractivity contribution < 1.29 is 0 Å². The maximum absolute atomic E-state index is 5.38. The van der Waals surface area contributed by atoms with Crippen LogP contribution in [0.3, 0.4) is 0 Å². The van der Waals surface area contributed by atoms with E-state index in [0.29, 0.717) is 0 Å². The normalized spacial score (nSPS) is 11.4. The highest BCUT2D eigenvalue weighted by Gasteiger charge is 2.19. The molecule has 0 N–H and O–H groups in total. The van der Waals surface area contributed by atoms with E-state index in [-0.39, 0.29) is 0 Å². The highest BCUT2D eigenvalue weighted by Crippen LogP contribution is 2.38. The van der Waals surface area contributed by atoms with Crippen molar-refractivity contribution in [3.63, 3.8) is 0 Å². The molecule has 0 aliphatic carbocycles. The van der Waals surface area contributed by atoms with E-state index in [2.05, 4.69) is 132 Å². The number of imidazole rings is 1. The fourth-order valence-electron chi connectivity index (χ4n) is 6.49. The van der Waals surface area contributed by atoms with Gasteiger partial charge in [0.2, 0.25) is 0 Å². The number of fused-ring (bicyclic) bond motifs is 5. The molecule has 0 aliphatic rings. The van der Waals surface area contributed by atoms with Crippen LogP contribution in [0.2, 0.25) is 0 Å². The minimum Gasteiger partial charge on any atom is -0.292 e. The van der Waals surface area contributed by atoms with Crippen LogP contribution in [-0.2, 0) is 0 Å². The molecule has 0 radical (unpaired) electrons. The Kier molecular flexibility index (Phi) is 6.43. The predicted octanol–water partition coefficient (Wildman–Crippen LogP) is 10.8. The summed E-state index contributed by atoms with van der Waals surface area (Å²) in [7, 11) is 0. The van der Waals surface area contributed by atoms with E-state index in [1.54, 1.807) is 0 Å². The van der Waals surface area contributed by atoms with Crippen LogP contribution in [0, 0.1) is 0 Å². The molecule has 0 spiro atoms. The van der Waals surface area contributed by atoms with Crippen LogP contribution in [0.1, 0.15) is 0 Å². The van der Waals surface area contributed by atoms with Gasteiger partial charge in [-0.2, -0.15) is 0 Å².